The summed E-state index contributed by atoms with van der Waals surface area (Å²) in [6.07, 6.45) is 6.82. The van der Waals surface area contributed by atoms with Crippen LogP contribution in [0, 0.1) is 0 Å². The van der Waals surface area contributed by atoms with Crippen molar-refractivity contribution in [3.8, 4) is 0 Å². The van der Waals surface area contributed by atoms with Gasteiger partial charge in [0.15, 0.2) is 0 Å². The Balaban J connectivity index is 1.97. The van der Waals surface area contributed by atoms with Crippen molar-refractivity contribution in [2.45, 2.75) is 31.6 Å². The van der Waals surface area contributed by atoms with Gasteiger partial charge >= 0.3 is 0 Å². The van der Waals surface area contributed by atoms with Gasteiger partial charge in [0.2, 0.25) is 0 Å². The molecule has 0 heterocycles. The Kier molecular flexibility index (Phi) is 3.44. The van der Waals surface area contributed by atoms with E-state index in [1.807, 2.05) is 6.26 Å². The van der Waals surface area contributed by atoms with Gasteiger partial charge in [-0.1, -0.05) is 30.3 Å². The van der Waals surface area contributed by atoms with Gasteiger partial charge in [-0.25, -0.2) is 0 Å². The van der Waals surface area contributed by atoms with Gasteiger partial charge in [-0.3, -0.25) is 0 Å². The fourth-order valence-electron chi connectivity index (χ4n) is 2.33. The lowest BCUT2D eigenvalue weighted by Crippen LogP contribution is -2.06. The van der Waals surface area contributed by atoms with Gasteiger partial charge < -0.3 is 4.74 Å². The second kappa shape index (κ2) is 5.01. The van der Waals surface area contributed by atoms with E-state index in [0.29, 0.717) is 0 Å². The fraction of sp³-hybridized carbons (Fsp3) is 0.429. The number of allylic oxidation sites excluding steroid dienone is 1. The van der Waals surface area contributed by atoms with Gasteiger partial charge in [-0.2, -0.15) is 0 Å². The van der Waals surface area contributed by atoms with Gasteiger partial charge in [0, 0.05) is 0 Å². The Bertz CT molecular complexity index is 316. The summed E-state index contributed by atoms with van der Waals surface area (Å²) in [6, 6.07) is 10.8. The molecule has 1 aliphatic carbocycles. The van der Waals surface area contributed by atoms with Crippen LogP contribution in [0.1, 0.15) is 37.2 Å². The molecule has 0 atom stereocenters. The normalized spacial score (nSPS) is 21.1. The number of ether oxygens (including phenoxy) is 1. The molecular weight excluding hydrogens is 184 g/mol. The van der Waals surface area contributed by atoms with Crippen LogP contribution in [-0.2, 0) is 4.74 Å². The smallest absolute Gasteiger partial charge is 0.0816 e. The molecule has 0 bridgehead atoms. The third-order valence-electron chi connectivity index (χ3n) is 3.18. The predicted molar refractivity (Wildman–Crippen MR) is 62.7 cm³/mol. The highest BCUT2D eigenvalue weighted by atomic mass is 16.5. The summed E-state index contributed by atoms with van der Waals surface area (Å²) in [5.74, 6) is 0.750. The maximum absolute atomic E-state index is 5.06. The van der Waals surface area contributed by atoms with Crippen LogP contribution in [0.15, 0.2) is 42.2 Å². The lowest BCUT2D eigenvalue weighted by molar-refractivity contribution is 0.326. The largest absolute Gasteiger partial charge is 0.504 e. The summed E-state index contributed by atoms with van der Waals surface area (Å²) < 4.78 is 5.06. The molecule has 1 nitrogen and oxygen atoms in total. The van der Waals surface area contributed by atoms with Crippen molar-refractivity contribution in [3.63, 3.8) is 0 Å². The van der Waals surface area contributed by atoms with Crippen molar-refractivity contribution in [2.75, 3.05) is 7.11 Å². The monoisotopic (exact) mass is 202 g/mol. The zero-order valence-corrected chi connectivity index (χ0v) is 9.28. The maximum Gasteiger partial charge on any atom is 0.0816 e. The van der Waals surface area contributed by atoms with E-state index in [0.717, 1.165) is 5.92 Å². The van der Waals surface area contributed by atoms with Gasteiger partial charge in [-0.05, 0) is 42.7 Å². The van der Waals surface area contributed by atoms with E-state index in [1.54, 1.807) is 7.11 Å². The van der Waals surface area contributed by atoms with Crippen molar-refractivity contribution >= 4 is 0 Å². The van der Waals surface area contributed by atoms with Crippen LogP contribution in [0.2, 0.25) is 0 Å². The molecule has 0 aromatic heterocycles. The standard InChI is InChI=1S/C14H18O/c1-15-11-12-7-9-14(10-8-12)13-5-3-2-4-6-13/h2-6,11,14H,7-10H2,1H3. The van der Waals surface area contributed by atoms with Gasteiger partial charge in [0.1, 0.15) is 0 Å². The quantitative estimate of drug-likeness (QED) is 0.661. The van der Waals surface area contributed by atoms with Crippen molar-refractivity contribution in [3.05, 3.63) is 47.7 Å². The van der Waals surface area contributed by atoms with E-state index in [-0.39, 0.29) is 0 Å². The topological polar surface area (TPSA) is 9.23 Å². The first kappa shape index (κ1) is 10.3. The summed E-state index contributed by atoms with van der Waals surface area (Å²) in [7, 11) is 1.73. The van der Waals surface area contributed by atoms with Crippen LogP contribution >= 0.6 is 0 Å². The van der Waals surface area contributed by atoms with Crippen LogP contribution in [0.5, 0.6) is 0 Å². The van der Waals surface area contributed by atoms with Gasteiger partial charge in [0.25, 0.3) is 0 Å². The number of benzene rings is 1. The number of hydrogen-bond acceptors (Lipinski definition) is 1. The molecule has 2 rings (SSSR count). The minimum atomic E-state index is 0.750. The highest BCUT2D eigenvalue weighted by molar-refractivity contribution is 5.21. The molecule has 0 spiro atoms. The van der Waals surface area contributed by atoms with Crippen molar-refractivity contribution < 1.29 is 4.74 Å². The van der Waals surface area contributed by atoms with Gasteiger partial charge in [0.05, 0.1) is 13.4 Å². The Morgan fingerprint density at radius 2 is 1.80 bits per heavy atom. The second-order valence-electron chi connectivity index (χ2n) is 4.20. The van der Waals surface area contributed by atoms with Gasteiger partial charge in [-0.15, -0.1) is 0 Å². The van der Waals surface area contributed by atoms with Crippen LogP contribution in [0.3, 0.4) is 0 Å². The molecule has 0 aliphatic heterocycles. The summed E-state index contributed by atoms with van der Waals surface area (Å²) in [5.41, 5.74) is 2.96. The van der Waals surface area contributed by atoms with Crippen LogP contribution in [0.25, 0.3) is 0 Å². The molecule has 80 valence electrons. The summed E-state index contributed by atoms with van der Waals surface area (Å²) in [6.45, 7) is 0. The second-order valence-corrected chi connectivity index (χ2v) is 4.20. The maximum atomic E-state index is 5.06. The summed E-state index contributed by atoms with van der Waals surface area (Å²) in [5, 5.41) is 0. The Labute approximate surface area is 91.8 Å². The molecule has 1 fully saturated rings. The fourth-order valence-corrected chi connectivity index (χ4v) is 2.33. The molecule has 0 unspecified atom stereocenters. The van der Waals surface area contributed by atoms with Crippen LogP contribution in [0.4, 0.5) is 0 Å². The van der Waals surface area contributed by atoms with Crippen LogP contribution in [-0.4, -0.2) is 7.11 Å². The van der Waals surface area contributed by atoms with Crippen molar-refractivity contribution in [1.82, 2.24) is 0 Å². The molecular formula is C14H18O. The van der Waals surface area contributed by atoms with Crippen LogP contribution < -0.4 is 0 Å². The minimum Gasteiger partial charge on any atom is -0.504 e. The van der Waals surface area contributed by atoms with E-state index >= 15 is 0 Å². The highest BCUT2D eigenvalue weighted by Crippen LogP contribution is 2.35. The molecule has 1 aromatic rings. The highest BCUT2D eigenvalue weighted by Gasteiger charge is 2.17. The molecule has 1 heteroatoms. The minimum absolute atomic E-state index is 0.750. The van der Waals surface area contributed by atoms with Crippen molar-refractivity contribution in [1.29, 1.82) is 0 Å². The zero-order chi connectivity index (χ0) is 10.5. The van der Waals surface area contributed by atoms with E-state index in [1.165, 1.54) is 36.8 Å². The molecule has 1 saturated carbocycles. The third-order valence-corrected chi connectivity index (χ3v) is 3.18. The Hall–Kier alpha value is -1.24. The number of methoxy groups -OCH3 is 1. The Morgan fingerprint density at radius 1 is 1.13 bits per heavy atom. The molecule has 0 N–H and O–H groups in total. The lowest BCUT2D eigenvalue weighted by atomic mass is 9.82. The molecule has 1 aromatic carbocycles. The van der Waals surface area contributed by atoms with E-state index in [2.05, 4.69) is 30.3 Å². The molecule has 0 amide bonds. The molecule has 0 radical (unpaired) electrons. The first-order valence-electron chi connectivity index (χ1n) is 5.66. The number of hydrogen-bond donors (Lipinski definition) is 0. The third kappa shape index (κ3) is 2.62. The molecule has 15 heavy (non-hydrogen) atoms. The van der Waals surface area contributed by atoms with E-state index in [9.17, 15) is 0 Å². The van der Waals surface area contributed by atoms with Crippen molar-refractivity contribution in [2.24, 2.45) is 0 Å². The predicted octanol–water partition coefficient (Wildman–Crippen LogP) is 3.87. The lowest BCUT2D eigenvalue weighted by Gasteiger charge is -2.23. The Morgan fingerprint density at radius 3 is 2.40 bits per heavy atom. The average molecular weight is 202 g/mol. The number of rotatable bonds is 2. The van der Waals surface area contributed by atoms with E-state index < -0.39 is 0 Å². The summed E-state index contributed by atoms with van der Waals surface area (Å²) in [4.78, 5) is 0. The zero-order valence-electron chi connectivity index (χ0n) is 9.28. The van der Waals surface area contributed by atoms with E-state index in [4.69, 9.17) is 4.74 Å². The molecule has 1 aliphatic rings. The molecule has 0 saturated heterocycles. The SMILES string of the molecule is COC=C1CCC(c2ccccc2)CC1. The first-order chi connectivity index (χ1) is 7.40. The average Bonchev–Trinajstić information content (AvgIpc) is 2.32. The first-order valence-corrected chi connectivity index (χ1v) is 5.66. The summed E-state index contributed by atoms with van der Waals surface area (Å²) >= 11 is 0.